The lowest BCUT2D eigenvalue weighted by molar-refractivity contribution is -0.117. The smallest absolute Gasteiger partial charge is 0.241 e. The van der Waals surface area contributed by atoms with Crippen molar-refractivity contribution in [2.45, 2.75) is 12.5 Å². The van der Waals surface area contributed by atoms with Gasteiger partial charge < -0.3 is 16.0 Å². The van der Waals surface area contributed by atoms with Gasteiger partial charge in [-0.1, -0.05) is 42.5 Å². The summed E-state index contributed by atoms with van der Waals surface area (Å²) in [4.78, 5) is 19.9. The van der Waals surface area contributed by atoms with Crippen molar-refractivity contribution in [3.63, 3.8) is 0 Å². The van der Waals surface area contributed by atoms with Gasteiger partial charge in [0.15, 0.2) is 0 Å². The Balaban J connectivity index is 1.53. The number of hydrogen-bond donors (Lipinski definition) is 3. The maximum atomic E-state index is 12.5. The van der Waals surface area contributed by atoms with Gasteiger partial charge in [0.05, 0.1) is 6.04 Å². The number of carbonyl (C=O) groups excluding carboxylic acids is 1. The van der Waals surface area contributed by atoms with Crippen LogP contribution in [-0.2, 0) is 11.2 Å². The Labute approximate surface area is 157 Å². The summed E-state index contributed by atoms with van der Waals surface area (Å²) in [6.45, 7) is 0. The van der Waals surface area contributed by atoms with Crippen molar-refractivity contribution in [2.75, 3.05) is 5.32 Å². The third-order valence-electron chi connectivity index (χ3n) is 4.54. The fourth-order valence-corrected chi connectivity index (χ4v) is 3.17. The minimum absolute atomic E-state index is 0.197. The number of carbonyl (C=O) groups is 1. The summed E-state index contributed by atoms with van der Waals surface area (Å²) in [6.07, 6.45) is 4.14. The number of benzene rings is 2. The second kappa shape index (κ2) is 7.43. The number of nitrogens with zero attached hydrogens (tertiary/aromatic N) is 1. The van der Waals surface area contributed by atoms with Crippen LogP contribution in [0.5, 0.6) is 0 Å². The van der Waals surface area contributed by atoms with Gasteiger partial charge in [0.1, 0.15) is 5.65 Å². The number of nitrogens with two attached hydrogens (primary N) is 1. The van der Waals surface area contributed by atoms with E-state index < -0.39 is 6.04 Å². The van der Waals surface area contributed by atoms with Crippen LogP contribution in [-0.4, -0.2) is 21.9 Å². The van der Waals surface area contributed by atoms with Crippen molar-refractivity contribution in [1.29, 1.82) is 0 Å². The number of fused-ring (bicyclic) bond motifs is 1. The molecule has 0 aliphatic carbocycles. The molecule has 5 nitrogen and oxygen atoms in total. The Morgan fingerprint density at radius 1 is 1.07 bits per heavy atom. The molecule has 0 saturated heterocycles. The molecule has 27 heavy (non-hydrogen) atoms. The summed E-state index contributed by atoms with van der Waals surface area (Å²) in [7, 11) is 0. The van der Waals surface area contributed by atoms with Gasteiger partial charge in [-0.15, -0.1) is 0 Å². The van der Waals surface area contributed by atoms with Gasteiger partial charge in [0, 0.05) is 23.5 Å². The molecule has 0 spiro atoms. The number of nitrogens with one attached hydrogen (secondary N) is 2. The summed E-state index contributed by atoms with van der Waals surface area (Å²) in [5.74, 6) is -0.197. The van der Waals surface area contributed by atoms with E-state index in [0.717, 1.165) is 33.4 Å². The number of pyridine rings is 1. The van der Waals surface area contributed by atoms with Crippen LogP contribution in [0.2, 0.25) is 0 Å². The molecule has 134 valence electrons. The largest absolute Gasteiger partial charge is 0.346 e. The highest BCUT2D eigenvalue weighted by Gasteiger charge is 2.15. The Kier molecular flexibility index (Phi) is 4.68. The maximum Gasteiger partial charge on any atom is 0.241 e. The quantitative estimate of drug-likeness (QED) is 0.509. The molecule has 4 rings (SSSR count). The Bertz CT molecular complexity index is 1070. The van der Waals surface area contributed by atoms with Crippen LogP contribution in [0.25, 0.3) is 22.2 Å². The maximum absolute atomic E-state index is 12.5. The number of H-pyrrole nitrogens is 1. The topological polar surface area (TPSA) is 83.8 Å². The third kappa shape index (κ3) is 3.73. The second-order valence-electron chi connectivity index (χ2n) is 6.46. The number of aromatic nitrogens is 2. The van der Waals surface area contributed by atoms with Crippen LogP contribution in [0.4, 0.5) is 5.69 Å². The molecule has 0 aliphatic heterocycles. The highest BCUT2D eigenvalue weighted by atomic mass is 16.2. The average molecular weight is 356 g/mol. The second-order valence-corrected chi connectivity index (χ2v) is 6.46. The minimum Gasteiger partial charge on any atom is -0.346 e. The predicted octanol–water partition coefficient (Wildman–Crippen LogP) is 3.74. The first-order valence-corrected chi connectivity index (χ1v) is 8.83. The first-order chi connectivity index (χ1) is 13.2. The van der Waals surface area contributed by atoms with E-state index in [2.05, 4.69) is 15.3 Å². The van der Waals surface area contributed by atoms with E-state index in [1.807, 2.05) is 72.9 Å². The number of amides is 1. The number of anilines is 1. The standard InChI is InChI=1S/C22H20N4O/c23-20(13-15-5-2-1-3-6-15)22(27)26-17-8-4-7-16(14-17)18-9-11-24-21-19(18)10-12-25-21/h1-12,14,20H,13,23H2,(H,24,25)(H,26,27)/t20-/m1/s1. The number of rotatable bonds is 5. The monoisotopic (exact) mass is 356 g/mol. The molecule has 0 radical (unpaired) electrons. The Hall–Kier alpha value is -3.44. The molecule has 0 unspecified atom stereocenters. The molecule has 4 aromatic rings. The molecule has 1 amide bonds. The molecular formula is C22H20N4O. The molecule has 2 heterocycles. The summed E-state index contributed by atoms with van der Waals surface area (Å²) in [5, 5.41) is 3.97. The fraction of sp³-hybridized carbons (Fsp3) is 0.0909. The van der Waals surface area contributed by atoms with E-state index in [1.54, 1.807) is 6.20 Å². The lowest BCUT2D eigenvalue weighted by Gasteiger charge is -2.13. The van der Waals surface area contributed by atoms with E-state index in [9.17, 15) is 4.79 Å². The van der Waals surface area contributed by atoms with Gasteiger partial charge in [-0.2, -0.15) is 0 Å². The molecule has 1 atom stereocenters. The summed E-state index contributed by atoms with van der Waals surface area (Å²) in [5.41, 5.74) is 10.8. The highest BCUT2D eigenvalue weighted by Crippen LogP contribution is 2.28. The molecule has 2 aromatic carbocycles. The Morgan fingerprint density at radius 2 is 1.93 bits per heavy atom. The fourth-order valence-electron chi connectivity index (χ4n) is 3.17. The van der Waals surface area contributed by atoms with E-state index in [4.69, 9.17) is 5.73 Å². The molecule has 0 fully saturated rings. The lowest BCUT2D eigenvalue weighted by Crippen LogP contribution is -2.37. The van der Waals surface area contributed by atoms with Crippen molar-refractivity contribution in [3.8, 4) is 11.1 Å². The zero-order chi connectivity index (χ0) is 18.6. The SMILES string of the molecule is N[C@H](Cc1ccccc1)C(=O)Nc1cccc(-c2ccnc3[nH]ccc23)c1. The van der Waals surface area contributed by atoms with Crippen molar-refractivity contribution in [1.82, 2.24) is 9.97 Å². The van der Waals surface area contributed by atoms with Gasteiger partial charge in [-0.25, -0.2) is 4.98 Å². The molecular weight excluding hydrogens is 336 g/mol. The average Bonchev–Trinajstić information content (AvgIpc) is 3.18. The normalized spacial score (nSPS) is 12.0. The van der Waals surface area contributed by atoms with Crippen LogP contribution in [0.15, 0.2) is 79.1 Å². The molecule has 5 heteroatoms. The van der Waals surface area contributed by atoms with Crippen molar-refractivity contribution in [2.24, 2.45) is 5.73 Å². The first-order valence-electron chi connectivity index (χ1n) is 8.83. The molecule has 0 saturated carbocycles. The van der Waals surface area contributed by atoms with E-state index in [1.165, 1.54) is 0 Å². The Morgan fingerprint density at radius 3 is 2.78 bits per heavy atom. The molecule has 0 aliphatic rings. The van der Waals surface area contributed by atoms with E-state index >= 15 is 0 Å². The van der Waals surface area contributed by atoms with Gasteiger partial charge in [0.25, 0.3) is 0 Å². The molecule has 2 aromatic heterocycles. The van der Waals surface area contributed by atoms with Crippen molar-refractivity contribution in [3.05, 3.63) is 84.7 Å². The third-order valence-corrected chi connectivity index (χ3v) is 4.54. The lowest BCUT2D eigenvalue weighted by atomic mass is 10.0. The van der Waals surface area contributed by atoms with Crippen LogP contribution < -0.4 is 11.1 Å². The van der Waals surface area contributed by atoms with Crippen LogP contribution >= 0.6 is 0 Å². The summed E-state index contributed by atoms with van der Waals surface area (Å²) >= 11 is 0. The molecule has 0 bridgehead atoms. The van der Waals surface area contributed by atoms with E-state index in [-0.39, 0.29) is 5.91 Å². The van der Waals surface area contributed by atoms with Crippen molar-refractivity contribution < 1.29 is 4.79 Å². The van der Waals surface area contributed by atoms with Gasteiger partial charge in [0.2, 0.25) is 5.91 Å². The zero-order valence-electron chi connectivity index (χ0n) is 14.7. The summed E-state index contributed by atoms with van der Waals surface area (Å²) < 4.78 is 0. The predicted molar refractivity (Wildman–Crippen MR) is 108 cm³/mol. The van der Waals surface area contributed by atoms with Crippen LogP contribution in [0.1, 0.15) is 5.56 Å². The number of aromatic amines is 1. The first kappa shape index (κ1) is 17.0. The van der Waals surface area contributed by atoms with Crippen LogP contribution in [0.3, 0.4) is 0 Å². The van der Waals surface area contributed by atoms with Gasteiger partial charge >= 0.3 is 0 Å². The molecule has 4 N–H and O–H groups in total. The summed E-state index contributed by atoms with van der Waals surface area (Å²) in [6, 6.07) is 20.9. The van der Waals surface area contributed by atoms with Gasteiger partial charge in [-0.05, 0) is 47.4 Å². The minimum atomic E-state index is -0.603. The number of hydrogen-bond acceptors (Lipinski definition) is 3. The highest BCUT2D eigenvalue weighted by molar-refractivity contribution is 5.97. The van der Waals surface area contributed by atoms with Crippen LogP contribution in [0, 0.1) is 0 Å². The zero-order valence-corrected chi connectivity index (χ0v) is 14.7. The van der Waals surface area contributed by atoms with Crippen molar-refractivity contribution >= 4 is 22.6 Å². The van der Waals surface area contributed by atoms with Gasteiger partial charge in [-0.3, -0.25) is 4.79 Å². The van der Waals surface area contributed by atoms with E-state index in [0.29, 0.717) is 6.42 Å².